The molecule has 0 radical (unpaired) electrons. The van der Waals surface area contributed by atoms with E-state index in [1.165, 1.54) is 15.6 Å². The zero-order valence-electron chi connectivity index (χ0n) is 18.2. The van der Waals surface area contributed by atoms with E-state index in [4.69, 9.17) is 4.74 Å². The van der Waals surface area contributed by atoms with Crippen LogP contribution in [0.15, 0.2) is 48.5 Å². The van der Waals surface area contributed by atoms with Gasteiger partial charge in [0.1, 0.15) is 0 Å². The number of para-hydroxylation sites is 1. The second kappa shape index (κ2) is 13.6. The first-order chi connectivity index (χ1) is 13.5. The van der Waals surface area contributed by atoms with Gasteiger partial charge in [0.05, 0.1) is 0 Å². The summed E-state index contributed by atoms with van der Waals surface area (Å²) in [5.41, 5.74) is 3.50. The Hall–Kier alpha value is -0.643. The molecule has 2 aromatic rings. The van der Waals surface area contributed by atoms with Gasteiger partial charge >= 0.3 is 145 Å². The van der Waals surface area contributed by atoms with Crippen molar-refractivity contribution in [2.75, 3.05) is 26.0 Å². The van der Waals surface area contributed by atoms with Crippen LogP contribution in [0.4, 0.5) is 5.69 Å². The number of halogens is 1. The molecule has 0 bridgehead atoms. The van der Waals surface area contributed by atoms with Crippen molar-refractivity contribution in [2.24, 2.45) is 0 Å². The minimum Gasteiger partial charge on any atom is 1.00 e. The van der Waals surface area contributed by atoms with Gasteiger partial charge in [-0.15, -0.1) is 0 Å². The van der Waals surface area contributed by atoms with Crippen LogP contribution in [0.25, 0.3) is 0 Å². The van der Waals surface area contributed by atoms with Crippen LogP contribution in [0.2, 0.25) is 0 Å². The monoisotopic (exact) mass is 499 g/mol. The normalized spacial score (nSPS) is 14.8. The second-order valence-corrected chi connectivity index (χ2v) is 10.8. The van der Waals surface area contributed by atoms with E-state index in [1.807, 2.05) is 18.2 Å². The molecule has 0 spiro atoms. The van der Waals surface area contributed by atoms with Gasteiger partial charge < -0.3 is 18.6 Å². The molecule has 1 aliphatic heterocycles. The molecule has 3 rings (SSSR count). The fourth-order valence-electron chi connectivity index (χ4n) is 3.02. The molecule has 0 saturated carbocycles. The predicted molar refractivity (Wildman–Crippen MR) is 115 cm³/mol. The van der Waals surface area contributed by atoms with Crippen molar-refractivity contribution in [2.45, 2.75) is 37.8 Å². The molecule has 0 aliphatic carbocycles. The number of hydrogen-bond acceptors (Lipinski definition) is 3. The molecule has 156 valence electrons. The quantitative estimate of drug-likeness (QED) is 0.234. The third-order valence-corrected chi connectivity index (χ3v) is 7.02. The zero-order valence-corrected chi connectivity index (χ0v) is 20.4. The van der Waals surface area contributed by atoms with E-state index in [2.05, 4.69) is 73.6 Å². The van der Waals surface area contributed by atoms with Crippen LogP contribution in [-0.4, -0.2) is 29.4 Å². The van der Waals surface area contributed by atoms with Gasteiger partial charge in [-0.1, -0.05) is 0 Å². The molecule has 1 fully saturated rings. The molecule has 0 unspecified atom stereocenters. The minimum atomic E-state index is -0.00236. The molecular formula is C24H33ILiN2O-3. The van der Waals surface area contributed by atoms with Gasteiger partial charge in [-0.3, -0.25) is 0 Å². The number of nitrogens with zero attached hydrogens (tertiary/aromatic N) is 1. The van der Waals surface area contributed by atoms with E-state index in [9.17, 15) is 0 Å². The Kier molecular flexibility index (Phi) is 12.4. The Balaban J connectivity index is 0.000000355. The van der Waals surface area contributed by atoms with Crippen molar-refractivity contribution in [3.63, 3.8) is 0 Å². The number of ether oxygens (including phenoxy) is 1. The molecule has 1 heterocycles. The SMILES string of the molecule is [CH2-]CC1(C[CH2-])CCCO1.[CH2-]c1ccccc1NCc1ccc([I-]N(C)C)cc1.[Li+]. The Morgan fingerprint density at radius 1 is 1.07 bits per heavy atom. The molecular weight excluding hydrogens is 466 g/mol. The fourth-order valence-corrected chi connectivity index (χ4v) is 4.81. The zero-order chi connectivity index (χ0) is 20.4. The van der Waals surface area contributed by atoms with Gasteiger partial charge in [-0.05, 0) is 12.8 Å². The largest absolute Gasteiger partial charge is 1.00 e. The molecule has 29 heavy (non-hydrogen) atoms. The molecule has 1 aliphatic rings. The van der Waals surface area contributed by atoms with Crippen LogP contribution in [0, 0.1) is 24.3 Å². The van der Waals surface area contributed by atoms with E-state index in [0.29, 0.717) is 0 Å². The summed E-state index contributed by atoms with van der Waals surface area (Å²) in [6.45, 7) is 13.5. The molecule has 0 aromatic heterocycles. The first-order valence-corrected chi connectivity index (χ1v) is 11.8. The summed E-state index contributed by atoms with van der Waals surface area (Å²) in [5.74, 6) is 0. The molecule has 3 nitrogen and oxygen atoms in total. The summed E-state index contributed by atoms with van der Waals surface area (Å²) in [4.78, 5) is 0. The number of rotatable bonds is 7. The summed E-state index contributed by atoms with van der Waals surface area (Å²) >= 11 is -0.00236. The second-order valence-electron chi connectivity index (χ2n) is 7.14. The topological polar surface area (TPSA) is 24.5 Å². The van der Waals surface area contributed by atoms with Crippen molar-refractivity contribution < 1.29 is 45.1 Å². The Morgan fingerprint density at radius 2 is 1.72 bits per heavy atom. The molecule has 0 amide bonds. The average molecular weight is 499 g/mol. The van der Waals surface area contributed by atoms with Crippen LogP contribution < -0.4 is 45.7 Å². The van der Waals surface area contributed by atoms with Crippen molar-refractivity contribution in [1.29, 1.82) is 0 Å². The van der Waals surface area contributed by atoms with Crippen molar-refractivity contribution in [1.82, 2.24) is 3.11 Å². The maximum atomic E-state index is 5.51. The number of anilines is 1. The van der Waals surface area contributed by atoms with Crippen LogP contribution in [0.1, 0.15) is 36.8 Å². The third kappa shape index (κ3) is 8.94. The summed E-state index contributed by atoms with van der Waals surface area (Å²) in [6.07, 6.45) is 4.08. The van der Waals surface area contributed by atoms with Gasteiger partial charge in [-0.2, -0.15) is 12.8 Å². The van der Waals surface area contributed by atoms with Crippen LogP contribution >= 0.6 is 0 Å². The van der Waals surface area contributed by atoms with E-state index in [1.54, 1.807) is 0 Å². The third-order valence-electron chi connectivity index (χ3n) is 4.78. The van der Waals surface area contributed by atoms with Crippen LogP contribution in [0.5, 0.6) is 0 Å². The smallest absolute Gasteiger partial charge is 1.00 e. The Morgan fingerprint density at radius 3 is 2.21 bits per heavy atom. The Bertz CT molecular complexity index is 694. The fraction of sp³-hybridized carbons (Fsp3) is 0.375. The summed E-state index contributed by atoms with van der Waals surface area (Å²) in [5, 5.41) is 3.43. The van der Waals surface area contributed by atoms with Gasteiger partial charge in [0, 0.05) is 12.2 Å². The summed E-state index contributed by atoms with van der Waals surface area (Å²) in [7, 11) is 4.27. The molecule has 5 heteroatoms. The Labute approximate surface area is 200 Å². The first kappa shape index (κ1) is 26.4. The predicted octanol–water partition coefficient (Wildman–Crippen LogP) is -0.796. The maximum absolute atomic E-state index is 5.51. The standard InChI is InChI=1S/C16H19IN2.C8H14O.Li/c1-13-6-4-5-7-16(13)18-12-14-8-10-15(11-9-14)17-19(2)3;1-3-8(4-2)6-5-7-9-8;/h4-11,18H,1,12H2,2-3H3;1-7H2;/q2*-2;+1. The number of nitrogens with one attached hydrogen (secondary N) is 1. The van der Waals surface area contributed by atoms with Crippen molar-refractivity contribution in [3.05, 3.63) is 84.0 Å². The van der Waals surface area contributed by atoms with Crippen molar-refractivity contribution >= 4 is 5.69 Å². The van der Waals surface area contributed by atoms with Gasteiger partial charge in [0.25, 0.3) is 0 Å². The van der Waals surface area contributed by atoms with E-state index < -0.39 is 0 Å². The maximum Gasteiger partial charge on any atom is 1.00 e. The van der Waals surface area contributed by atoms with Crippen LogP contribution in [-0.2, 0) is 11.3 Å². The molecule has 0 atom stereocenters. The molecule has 1 saturated heterocycles. The molecule has 2 aromatic carbocycles. The van der Waals surface area contributed by atoms with E-state index >= 15 is 0 Å². The van der Waals surface area contributed by atoms with E-state index in [0.717, 1.165) is 43.7 Å². The average Bonchev–Trinajstić information content (AvgIpc) is 3.18. The van der Waals surface area contributed by atoms with Gasteiger partial charge in [-0.25, -0.2) is 0 Å². The summed E-state index contributed by atoms with van der Waals surface area (Å²) < 4.78 is 9.25. The molecule has 1 N–H and O–H groups in total. The van der Waals surface area contributed by atoms with Gasteiger partial charge in [0.15, 0.2) is 0 Å². The minimum absolute atomic E-state index is 0. The first-order valence-electron chi connectivity index (χ1n) is 9.77. The van der Waals surface area contributed by atoms with Crippen LogP contribution in [0.3, 0.4) is 0 Å². The number of hydrogen-bond donors (Lipinski definition) is 1. The summed E-state index contributed by atoms with van der Waals surface area (Å²) in [6, 6.07) is 17.0. The van der Waals surface area contributed by atoms with Gasteiger partial charge in [0.2, 0.25) is 0 Å². The number of benzene rings is 2. The van der Waals surface area contributed by atoms with E-state index in [-0.39, 0.29) is 45.9 Å². The van der Waals surface area contributed by atoms with Crippen molar-refractivity contribution in [3.8, 4) is 0 Å².